The van der Waals surface area contributed by atoms with Gasteiger partial charge in [-0.25, -0.2) is 0 Å². The number of hydrogen-bond donors (Lipinski definition) is 0. The fraction of sp³-hybridized carbons (Fsp3) is 0.533. The van der Waals surface area contributed by atoms with E-state index in [-0.39, 0.29) is 5.41 Å². The number of hydrogen-bond acceptors (Lipinski definition) is 2. The normalized spacial score (nSPS) is 19.4. The topological polar surface area (TPSA) is 27.0 Å². The summed E-state index contributed by atoms with van der Waals surface area (Å²) in [6, 6.07) is 10.5. The number of piperidine rings is 1. The van der Waals surface area contributed by atoms with Crippen LogP contribution in [-0.4, -0.2) is 25.0 Å². The zero-order valence-electron chi connectivity index (χ0n) is 10.8. The smallest absolute Gasteiger partial charge is 0.0622 e. The van der Waals surface area contributed by atoms with Gasteiger partial charge in [-0.1, -0.05) is 23.7 Å². The first-order valence-corrected chi connectivity index (χ1v) is 6.86. The highest BCUT2D eigenvalue weighted by molar-refractivity contribution is 6.30. The van der Waals surface area contributed by atoms with Crippen LogP contribution in [0.25, 0.3) is 0 Å². The molecular formula is C15H19ClN2. The van der Waals surface area contributed by atoms with Gasteiger partial charge in [-0.3, -0.25) is 0 Å². The summed E-state index contributed by atoms with van der Waals surface area (Å²) in [5, 5.41) is 9.65. The zero-order chi connectivity index (χ0) is 13.0. The van der Waals surface area contributed by atoms with E-state index in [9.17, 15) is 0 Å². The summed E-state index contributed by atoms with van der Waals surface area (Å²) in [5.74, 6) is 0. The molecule has 1 aromatic carbocycles. The molecular weight excluding hydrogens is 244 g/mol. The predicted molar refractivity (Wildman–Crippen MR) is 74.7 cm³/mol. The summed E-state index contributed by atoms with van der Waals surface area (Å²) < 4.78 is 0. The Morgan fingerprint density at radius 3 is 2.44 bits per heavy atom. The number of benzene rings is 1. The molecule has 0 N–H and O–H groups in total. The Kier molecular flexibility index (Phi) is 4.27. The minimum absolute atomic E-state index is 0.173. The van der Waals surface area contributed by atoms with Crippen molar-refractivity contribution in [2.75, 3.05) is 20.1 Å². The Morgan fingerprint density at radius 2 is 1.89 bits per heavy atom. The highest BCUT2D eigenvalue weighted by atomic mass is 35.5. The molecule has 0 spiro atoms. The average Bonchev–Trinajstić information content (AvgIpc) is 2.40. The van der Waals surface area contributed by atoms with Gasteiger partial charge in [0.05, 0.1) is 6.07 Å². The SMILES string of the molecule is CN1CCC(CCC#N)(c2ccc(Cl)cc2)CC1. The van der Waals surface area contributed by atoms with Gasteiger partial charge in [-0.2, -0.15) is 5.26 Å². The molecule has 1 saturated heterocycles. The first kappa shape index (κ1) is 13.4. The Hall–Kier alpha value is -1.04. The van der Waals surface area contributed by atoms with Crippen molar-refractivity contribution in [3.8, 4) is 6.07 Å². The van der Waals surface area contributed by atoms with Crippen molar-refractivity contribution in [2.24, 2.45) is 0 Å². The van der Waals surface area contributed by atoms with Gasteiger partial charge in [-0.05, 0) is 62.5 Å². The van der Waals surface area contributed by atoms with E-state index in [1.165, 1.54) is 5.56 Å². The quantitative estimate of drug-likeness (QED) is 0.832. The van der Waals surface area contributed by atoms with Crippen molar-refractivity contribution >= 4 is 11.6 Å². The Bertz CT molecular complexity index is 425. The van der Waals surface area contributed by atoms with E-state index in [2.05, 4.69) is 30.1 Å². The van der Waals surface area contributed by atoms with Crippen LogP contribution in [0.2, 0.25) is 5.02 Å². The predicted octanol–water partition coefficient (Wildman–Crippen LogP) is 3.61. The Morgan fingerprint density at radius 1 is 1.28 bits per heavy atom. The molecule has 0 unspecified atom stereocenters. The minimum atomic E-state index is 0.173. The molecule has 3 heteroatoms. The van der Waals surface area contributed by atoms with Crippen LogP contribution in [0.5, 0.6) is 0 Å². The zero-order valence-corrected chi connectivity index (χ0v) is 11.6. The lowest BCUT2D eigenvalue weighted by Crippen LogP contribution is -2.40. The average molecular weight is 263 g/mol. The van der Waals surface area contributed by atoms with Crippen molar-refractivity contribution in [2.45, 2.75) is 31.1 Å². The maximum absolute atomic E-state index is 8.87. The molecule has 2 rings (SSSR count). The van der Waals surface area contributed by atoms with Crippen molar-refractivity contribution in [3.63, 3.8) is 0 Å². The highest BCUT2D eigenvalue weighted by Gasteiger charge is 2.34. The number of rotatable bonds is 3. The third-order valence-corrected chi connectivity index (χ3v) is 4.37. The van der Waals surface area contributed by atoms with Gasteiger partial charge >= 0.3 is 0 Å². The van der Waals surface area contributed by atoms with E-state index in [4.69, 9.17) is 16.9 Å². The van der Waals surface area contributed by atoms with Crippen molar-refractivity contribution in [1.82, 2.24) is 4.90 Å². The second-order valence-corrected chi connectivity index (χ2v) is 5.69. The van der Waals surface area contributed by atoms with Crippen molar-refractivity contribution in [1.29, 1.82) is 5.26 Å². The van der Waals surface area contributed by atoms with E-state index in [1.54, 1.807) is 0 Å². The van der Waals surface area contributed by atoms with Crippen molar-refractivity contribution in [3.05, 3.63) is 34.9 Å². The monoisotopic (exact) mass is 262 g/mol. The largest absolute Gasteiger partial charge is 0.306 e. The molecule has 1 aliphatic rings. The molecule has 1 aromatic rings. The number of likely N-dealkylation sites (tertiary alicyclic amines) is 1. The standard InChI is InChI=1S/C15H19ClN2/c1-18-11-8-15(9-12-18,7-2-10-17)13-3-5-14(16)6-4-13/h3-6H,2,7-9,11-12H2,1H3. The summed E-state index contributed by atoms with van der Waals surface area (Å²) in [5.41, 5.74) is 1.52. The van der Waals surface area contributed by atoms with E-state index < -0.39 is 0 Å². The molecule has 0 aromatic heterocycles. The second-order valence-electron chi connectivity index (χ2n) is 5.25. The minimum Gasteiger partial charge on any atom is -0.306 e. The molecule has 2 nitrogen and oxygen atoms in total. The van der Waals surface area contributed by atoms with Crippen molar-refractivity contribution < 1.29 is 0 Å². The van der Waals surface area contributed by atoms with Gasteiger partial charge in [0.15, 0.2) is 0 Å². The van der Waals surface area contributed by atoms with Crippen LogP contribution < -0.4 is 0 Å². The van der Waals surface area contributed by atoms with E-state index in [1.807, 2.05) is 12.1 Å². The molecule has 0 aliphatic carbocycles. The molecule has 0 amide bonds. The third kappa shape index (κ3) is 2.85. The van der Waals surface area contributed by atoms with Crippen LogP contribution in [-0.2, 0) is 5.41 Å². The number of halogens is 1. The maximum Gasteiger partial charge on any atom is 0.0622 e. The molecule has 0 radical (unpaired) electrons. The van der Waals surface area contributed by atoms with E-state index in [0.29, 0.717) is 6.42 Å². The van der Waals surface area contributed by atoms with Crippen LogP contribution in [0.4, 0.5) is 0 Å². The third-order valence-electron chi connectivity index (χ3n) is 4.12. The van der Waals surface area contributed by atoms with Gasteiger partial charge in [0.1, 0.15) is 0 Å². The van der Waals surface area contributed by atoms with Gasteiger partial charge in [-0.15, -0.1) is 0 Å². The maximum atomic E-state index is 8.87. The molecule has 1 aliphatic heterocycles. The van der Waals surface area contributed by atoms with Crippen LogP contribution >= 0.6 is 11.6 Å². The Labute approximate surface area is 114 Å². The molecule has 1 fully saturated rings. The van der Waals surface area contributed by atoms with Crippen LogP contribution in [0.3, 0.4) is 0 Å². The summed E-state index contributed by atoms with van der Waals surface area (Å²) in [4.78, 5) is 2.36. The second kappa shape index (κ2) is 5.73. The lowest BCUT2D eigenvalue weighted by Gasteiger charge is -2.41. The summed E-state index contributed by atoms with van der Waals surface area (Å²) >= 11 is 5.96. The molecule has 0 saturated carbocycles. The number of nitrogens with zero attached hydrogens (tertiary/aromatic N) is 2. The first-order valence-electron chi connectivity index (χ1n) is 6.48. The van der Waals surface area contributed by atoms with Gasteiger partial charge in [0.25, 0.3) is 0 Å². The molecule has 0 bridgehead atoms. The van der Waals surface area contributed by atoms with Crippen LogP contribution in [0.1, 0.15) is 31.2 Å². The molecule has 1 heterocycles. The lowest BCUT2D eigenvalue weighted by molar-refractivity contribution is 0.179. The summed E-state index contributed by atoms with van der Waals surface area (Å²) in [6.45, 7) is 2.21. The van der Waals surface area contributed by atoms with Gasteiger partial charge in [0, 0.05) is 11.4 Å². The number of nitriles is 1. The summed E-state index contributed by atoms with van der Waals surface area (Å²) in [7, 11) is 2.16. The van der Waals surface area contributed by atoms with E-state index >= 15 is 0 Å². The fourth-order valence-electron chi connectivity index (χ4n) is 2.83. The first-order chi connectivity index (χ1) is 8.66. The molecule has 0 atom stereocenters. The molecule has 96 valence electrons. The molecule has 18 heavy (non-hydrogen) atoms. The fourth-order valence-corrected chi connectivity index (χ4v) is 2.95. The van der Waals surface area contributed by atoms with Crippen LogP contribution in [0.15, 0.2) is 24.3 Å². The summed E-state index contributed by atoms with van der Waals surface area (Å²) in [6.07, 6.45) is 3.85. The highest BCUT2D eigenvalue weighted by Crippen LogP contribution is 2.39. The van der Waals surface area contributed by atoms with Gasteiger partial charge in [0.2, 0.25) is 0 Å². The lowest BCUT2D eigenvalue weighted by atomic mass is 9.70. The van der Waals surface area contributed by atoms with Crippen LogP contribution in [0, 0.1) is 11.3 Å². The Balaban J connectivity index is 2.24. The van der Waals surface area contributed by atoms with Gasteiger partial charge < -0.3 is 4.90 Å². The van der Waals surface area contributed by atoms with E-state index in [0.717, 1.165) is 37.4 Å².